The maximum absolute atomic E-state index is 11.7. The van der Waals surface area contributed by atoms with Crippen molar-refractivity contribution in [3.63, 3.8) is 0 Å². The van der Waals surface area contributed by atoms with Gasteiger partial charge in [-0.15, -0.1) is 0 Å². The summed E-state index contributed by atoms with van der Waals surface area (Å²) < 4.78 is 6.83. The van der Waals surface area contributed by atoms with Crippen LogP contribution in [-0.4, -0.2) is 22.3 Å². The fraction of sp³-hybridized carbons (Fsp3) is 0.545. The van der Waals surface area contributed by atoms with E-state index in [0.717, 1.165) is 12.8 Å². The van der Waals surface area contributed by atoms with Crippen molar-refractivity contribution in [3.05, 3.63) is 32.1 Å². The second-order valence-corrected chi connectivity index (χ2v) is 4.08. The third kappa shape index (κ3) is 2.15. The van der Waals surface area contributed by atoms with E-state index in [0.29, 0.717) is 18.8 Å². The summed E-state index contributed by atoms with van der Waals surface area (Å²) in [6.45, 7) is 2.69. The van der Waals surface area contributed by atoms with Crippen LogP contribution in [0.1, 0.15) is 24.1 Å². The van der Waals surface area contributed by atoms with Crippen LogP contribution < -0.4 is 11.2 Å². The molecule has 1 fully saturated rings. The van der Waals surface area contributed by atoms with E-state index in [-0.39, 0.29) is 11.7 Å². The zero-order chi connectivity index (χ0) is 12.4. The van der Waals surface area contributed by atoms with Gasteiger partial charge in [-0.25, -0.2) is 4.79 Å². The zero-order valence-electron chi connectivity index (χ0n) is 9.52. The highest BCUT2D eigenvalue weighted by Crippen LogP contribution is 2.14. The summed E-state index contributed by atoms with van der Waals surface area (Å²) in [5, 5.41) is 8.86. The number of nitrogens with zero attached hydrogens (tertiary/aromatic N) is 2. The molecule has 2 heterocycles. The molecule has 6 heteroatoms. The number of H-pyrrole nitrogens is 1. The third-order valence-electron chi connectivity index (χ3n) is 2.98. The summed E-state index contributed by atoms with van der Waals surface area (Å²) in [4.78, 5) is 25.2. The first-order chi connectivity index (χ1) is 8.13. The van der Waals surface area contributed by atoms with E-state index in [1.165, 1.54) is 4.57 Å². The molecule has 0 aromatic carbocycles. The van der Waals surface area contributed by atoms with Gasteiger partial charge in [0.2, 0.25) is 0 Å². The fourth-order valence-electron chi connectivity index (χ4n) is 2.02. The highest BCUT2D eigenvalue weighted by atomic mass is 16.5. The maximum atomic E-state index is 11.7. The molecule has 1 saturated heterocycles. The molecule has 1 atom stereocenters. The van der Waals surface area contributed by atoms with Gasteiger partial charge in [0.25, 0.3) is 5.56 Å². The van der Waals surface area contributed by atoms with Gasteiger partial charge in [0.15, 0.2) is 0 Å². The number of nitriles is 1. The Balaban J connectivity index is 2.43. The number of hydrogen-bond donors (Lipinski definition) is 1. The van der Waals surface area contributed by atoms with Gasteiger partial charge in [-0.1, -0.05) is 0 Å². The fourth-order valence-corrected chi connectivity index (χ4v) is 2.02. The first-order valence-corrected chi connectivity index (χ1v) is 5.49. The van der Waals surface area contributed by atoms with Crippen LogP contribution >= 0.6 is 0 Å². The largest absolute Gasteiger partial charge is 0.376 e. The molecule has 0 spiro atoms. The standard InChI is InChI=1S/C11H13N3O3/c1-7-9(5-12)10(15)13-11(16)14(7)6-8-3-2-4-17-8/h8H,2-4,6H2,1H3,(H,13,15,16)/t8-/m0/s1. The Kier molecular flexibility index (Phi) is 3.11. The van der Waals surface area contributed by atoms with Crippen molar-refractivity contribution in [2.24, 2.45) is 0 Å². The molecule has 6 nitrogen and oxygen atoms in total. The van der Waals surface area contributed by atoms with Gasteiger partial charge in [0.1, 0.15) is 11.6 Å². The molecule has 1 aromatic heterocycles. The molecular formula is C11H13N3O3. The van der Waals surface area contributed by atoms with Gasteiger partial charge < -0.3 is 4.74 Å². The minimum Gasteiger partial charge on any atom is -0.376 e. The lowest BCUT2D eigenvalue weighted by atomic mass is 10.2. The molecule has 1 aliphatic heterocycles. The highest BCUT2D eigenvalue weighted by molar-refractivity contribution is 5.29. The molecular weight excluding hydrogens is 222 g/mol. The monoisotopic (exact) mass is 235 g/mol. The van der Waals surface area contributed by atoms with Crippen LogP contribution in [0.25, 0.3) is 0 Å². The first kappa shape index (κ1) is 11.6. The van der Waals surface area contributed by atoms with Crippen molar-refractivity contribution < 1.29 is 4.74 Å². The predicted molar refractivity (Wildman–Crippen MR) is 59.7 cm³/mol. The number of hydrogen-bond acceptors (Lipinski definition) is 4. The Labute approximate surface area is 97.5 Å². The van der Waals surface area contributed by atoms with Crippen molar-refractivity contribution in [1.29, 1.82) is 5.26 Å². The number of rotatable bonds is 2. The van der Waals surface area contributed by atoms with E-state index >= 15 is 0 Å². The summed E-state index contributed by atoms with van der Waals surface area (Å²) >= 11 is 0. The van der Waals surface area contributed by atoms with Crippen LogP contribution in [0.5, 0.6) is 0 Å². The van der Waals surface area contributed by atoms with Crippen LogP contribution in [0.2, 0.25) is 0 Å². The lowest BCUT2D eigenvalue weighted by Crippen LogP contribution is -2.36. The third-order valence-corrected chi connectivity index (χ3v) is 2.98. The molecule has 0 bridgehead atoms. The van der Waals surface area contributed by atoms with Gasteiger partial charge in [0.05, 0.1) is 12.6 Å². The summed E-state index contributed by atoms with van der Waals surface area (Å²) in [7, 11) is 0. The molecule has 0 aliphatic carbocycles. The van der Waals surface area contributed by atoms with E-state index in [2.05, 4.69) is 4.98 Å². The molecule has 1 aliphatic rings. The molecule has 0 radical (unpaired) electrons. The lowest BCUT2D eigenvalue weighted by Gasteiger charge is -2.14. The lowest BCUT2D eigenvalue weighted by molar-refractivity contribution is 0.0952. The first-order valence-electron chi connectivity index (χ1n) is 5.49. The number of nitrogens with one attached hydrogen (secondary N) is 1. The van der Waals surface area contributed by atoms with Gasteiger partial charge in [-0.05, 0) is 19.8 Å². The molecule has 1 N–H and O–H groups in total. The SMILES string of the molecule is Cc1c(C#N)c(=O)[nH]c(=O)n1C[C@@H]1CCCO1. The van der Waals surface area contributed by atoms with Crippen LogP contribution in [-0.2, 0) is 11.3 Å². The molecule has 90 valence electrons. The summed E-state index contributed by atoms with van der Waals surface area (Å²) in [5.74, 6) is 0. The van der Waals surface area contributed by atoms with Gasteiger partial charge >= 0.3 is 5.69 Å². The van der Waals surface area contributed by atoms with E-state index < -0.39 is 11.2 Å². The van der Waals surface area contributed by atoms with Crippen molar-refractivity contribution in [2.45, 2.75) is 32.4 Å². The molecule has 1 aromatic rings. The second kappa shape index (κ2) is 4.55. The van der Waals surface area contributed by atoms with E-state index in [1.807, 2.05) is 6.07 Å². The number of aromatic amines is 1. The van der Waals surface area contributed by atoms with Gasteiger partial charge in [-0.2, -0.15) is 5.26 Å². The van der Waals surface area contributed by atoms with Crippen molar-refractivity contribution in [1.82, 2.24) is 9.55 Å². The normalized spacial score (nSPS) is 19.2. The quantitative estimate of drug-likeness (QED) is 0.775. The van der Waals surface area contributed by atoms with Gasteiger partial charge in [0, 0.05) is 12.3 Å². The Bertz CT molecular complexity index is 573. The topological polar surface area (TPSA) is 87.9 Å². The van der Waals surface area contributed by atoms with Gasteiger partial charge in [-0.3, -0.25) is 14.3 Å². The van der Waals surface area contributed by atoms with Crippen molar-refractivity contribution >= 4 is 0 Å². The van der Waals surface area contributed by atoms with Crippen LogP contribution in [0.4, 0.5) is 0 Å². The maximum Gasteiger partial charge on any atom is 0.328 e. The number of aromatic nitrogens is 2. The molecule has 0 amide bonds. The van der Waals surface area contributed by atoms with Crippen LogP contribution in [0, 0.1) is 18.3 Å². The highest BCUT2D eigenvalue weighted by Gasteiger charge is 2.19. The molecule has 2 rings (SSSR count). The Hall–Kier alpha value is -1.87. The summed E-state index contributed by atoms with van der Waals surface area (Å²) in [5.41, 5.74) is -0.722. The molecule has 17 heavy (non-hydrogen) atoms. The van der Waals surface area contributed by atoms with Crippen molar-refractivity contribution in [3.8, 4) is 6.07 Å². The zero-order valence-corrected chi connectivity index (χ0v) is 9.52. The van der Waals surface area contributed by atoms with Crippen LogP contribution in [0.15, 0.2) is 9.59 Å². The Morgan fingerprint density at radius 2 is 2.35 bits per heavy atom. The van der Waals surface area contributed by atoms with E-state index in [4.69, 9.17) is 10.00 Å². The minimum absolute atomic E-state index is 0.0103. The van der Waals surface area contributed by atoms with E-state index in [1.54, 1.807) is 6.92 Å². The minimum atomic E-state index is -0.626. The number of ether oxygens (including phenoxy) is 1. The average Bonchev–Trinajstić information content (AvgIpc) is 2.77. The van der Waals surface area contributed by atoms with Crippen molar-refractivity contribution in [2.75, 3.05) is 6.61 Å². The summed E-state index contributed by atoms with van der Waals surface area (Å²) in [6, 6.07) is 1.81. The second-order valence-electron chi connectivity index (χ2n) is 4.08. The molecule has 0 unspecified atom stereocenters. The molecule has 0 saturated carbocycles. The predicted octanol–water partition coefficient (Wildman–Crippen LogP) is -0.104. The summed E-state index contributed by atoms with van der Waals surface area (Å²) in [6.07, 6.45) is 1.86. The Morgan fingerprint density at radius 1 is 1.59 bits per heavy atom. The van der Waals surface area contributed by atoms with Crippen LogP contribution in [0.3, 0.4) is 0 Å². The van der Waals surface area contributed by atoms with E-state index in [9.17, 15) is 9.59 Å². The average molecular weight is 235 g/mol. The Morgan fingerprint density at radius 3 is 2.94 bits per heavy atom. The smallest absolute Gasteiger partial charge is 0.328 e.